The highest BCUT2D eigenvalue weighted by Crippen LogP contribution is 2.57. The molecule has 0 heterocycles. The topological polar surface area (TPSA) is 124 Å². The fraction of sp³-hybridized carbons (Fsp3) is 0.889. The van der Waals surface area contributed by atoms with Gasteiger partial charge in [-0.1, -0.05) is 0 Å². The van der Waals surface area contributed by atoms with Crippen LogP contribution in [0.2, 0.25) is 0 Å². The van der Waals surface area contributed by atoms with Gasteiger partial charge in [0.2, 0.25) is 5.91 Å². The van der Waals surface area contributed by atoms with Gasteiger partial charge in [0.15, 0.2) is 0 Å². The third kappa shape index (κ3) is 1.37. The molecule has 1 amide bonds. The second-order valence-corrected chi connectivity index (χ2v) is 4.40. The lowest BCUT2D eigenvalue weighted by molar-refractivity contribution is -0.123. The van der Waals surface area contributed by atoms with Crippen molar-refractivity contribution in [2.75, 3.05) is 6.61 Å². The summed E-state index contributed by atoms with van der Waals surface area (Å²) in [5.74, 6) is -2.39. The van der Waals surface area contributed by atoms with Crippen LogP contribution < -0.4 is 5.73 Å². The molecule has 15 heavy (non-hydrogen) atoms. The zero-order valence-corrected chi connectivity index (χ0v) is 8.02. The molecular formula is C9H15NO5. The van der Waals surface area contributed by atoms with Crippen LogP contribution in [0.1, 0.15) is 0 Å². The van der Waals surface area contributed by atoms with Crippen molar-refractivity contribution in [1.82, 2.24) is 0 Å². The first kappa shape index (κ1) is 10.8. The van der Waals surface area contributed by atoms with E-state index in [0.717, 1.165) is 0 Å². The van der Waals surface area contributed by atoms with Gasteiger partial charge in [0.05, 0.1) is 12.2 Å². The molecule has 0 unspecified atom stereocenters. The van der Waals surface area contributed by atoms with E-state index in [1.165, 1.54) is 0 Å². The van der Waals surface area contributed by atoms with Crippen molar-refractivity contribution in [2.45, 2.75) is 18.3 Å². The van der Waals surface area contributed by atoms with E-state index in [-0.39, 0.29) is 12.5 Å². The highest BCUT2D eigenvalue weighted by atomic mass is 16.4. The molecule has 2 aliphatic rings. The maximum absolute atomic E-state index is 11.0. The summed E-state index contributed by atoms with van der Waals surface area (Å²) < 4.78 is 0. The summed E-state index contributed by atoms with van der Waals surface area (Å²) in [6, 6.07) is 0. The van der Waals surface area contributed by atoms with Gasteiger partial charge in [-0.25, -0.2) is 0 Å². The molecule has 0 saturated heterocycles. The van der Waals surface area contributed by atoms with Gasteiger partial charge in [0, 0.05) is 24.4 Å². The Bertz CT molecular complexity index is 284. The molecule has 6 nitrogen and oxygen atoms in total. The van der Waals surface area contributed by atoms with E-state index in [4.69, 9.17) is 10.8 Å². The normalized spacial score (nSPS) is 53.5. The van der Waals surface area contributed by atoms with Crippen molar-refractivity contribution < 1.29 is 25.2 Å². The molecule has 6 N–H and O–H groups in total. The number of aliphatic hydroxyl groups is 4. The number of fused-ring (bicyclic) bond motifs is 1. The van der Waals surface area contributed by atoms with E-state index in [1.807, 2.05) is 0 Å². The van der Waals surface area contributed by atoms with Gasteiger partial charge in [-0.05, 0) is 5.92 Å². The van der Waals surface area contributed by atoms with E-state index >= 15 is 0 Å². The van der Waals surface area contributed by atoms with E-state index in [9.17, 15) is 20.1 Å². The quantitative estimate of drug-likeness (QED) is 0.338. The van der Waals surface area contributed by atoms with Gasteiger partial charge in [-0.15, -0.1) is 0 Å². The number of primary amides is 1. The Balaban J connectivity index is 2.21. The summed E-state index contributed by atoms with van der Waals surface area (Å²) in [6.45, 7) is -0.324. The number of hydrogen-bond donors (Lipinski definition) is 5. The van der Waals surface area contributed by atoms with Gasteiger partial charge in [-0.3, -0.25) is 4.79 Å². The lowest BCUT2D eigenvalue weighted by atomic mass is 9.83. The predicted octanol–water partition coefficient (Wildman–Crippen LogP) is -2.96. The first-order chi connectivity index (χ1) is 7.00. The molecule has 0 aliphatic heterocycles. The van der Waals surface area contributed by atoms with E-state index in [1.54, 1.807) is 0 Å². The second kappa shape index (κ2) is 3.41. The number of hydrogen-bond acceptors (Lipinski definition) is 5. The first-order valence-electron chi connectivity index (χ1n) is 4.95. The minimum atomic E-state index is -1.31. The van der Waals surface area contributed by atoms with Crippen molar-refractivity contribution >= 4 is 5.91 Å². The average Bonchev–Trinajstić information content (AvgIpc) is 2.90. The molecule has 0 aromatic carbocycles. The van der Waals surface area contributed by atoms with Crippen molar-refractivity contribution in [1.29, 1.82) is 0 Å². The predicted molar refractivity (Wildman–Crippen MR) is 48.3 cm³/mol. The largest absolute Gasteiger partial charge is 0.396 e. The molecule has 86 valence electrons. The molecule has 0 bridgehead atoms. The van der Waals surface area contributed by atoms with Gasteiger partial charge in [-0.2, -0.15) is 0 Å². The fourth-order valence-electron chi connectivity index (χ4n) is 2.87. The zero-order chi connectivity index (χ0) is 11.3. The van der Waals surface area contributed by atoms with Crippen LogP contribution in [0.5, 0.6) is 0 Å². The number of aliphatic hydroxyl groups excluding tert-OH is 4. The van der Waals surface area contributed by atoms with Crippen LogP contribution in [-0.4, -0.2) is 51.3 Å². The van der Waals surface area contributed by atoms with E-state index in [0.29, 0.717) is 0 Å². The van der Waals surface area contributed by atoms with Crippen LogP contribution in [0, 0.1) is 23.7 Å². The Hall–Kier alpha value is -0.690. The summed E-state index contributed by atoms with van der Waals surface area (Å²) in [5.41, 5.74) is 5.13. The minimum absolute atomic E-state index is 0.305. The molecular weight excluding hydrogens is 202 g/mol. The van der Waals surface area contributed by atoms with Crippen molar-refractivity contribution in [3.63, 3.8) is 0 Å². The smallest absolute Gasteiger partial charge is 0.221 e. The van der Waals surface area contributed by atoms with Crippen LogP contribution in [0.4, 0.5) is 0 Å². The lowest BCUT2D eigenvalue weighted by Gasteiger charge is -2.33. The van der Waals surface area contributed by atoms with Gasteiger partial charge in [0.1, 0.15) is 6.10 Å². The number of rotatable bonds is 2. The highest BCUT2D eigenvalue weighted by Gasteiger charge is 2.66. The number of nitrogens with two attached hydrogens (primary N) is 1. The van der Waals surface area contributed by atoms with Crippen LogP contribution in [0.25, 0.3) is 0 Å². The zero-order valence-electron chi connectivity index (χ0n) is 8.02. The molecule has 2 rings (SSSR count). The van der Waals surface area contributed by atoms with Crippen LogP contribution in [-0.2, 0) is 4.79 Å². The third-order valence-corrected chi connectivity index (χ3v) is 3.70. The molecule has 6 heteroatoms. The molecule has 0 aromatic heterocycles. The SMILES string of the molecule is NC(=O)[C@@H]1[C@H]2[C@H](O)[C@@H](O)[C@H](O)[C@@H](CO)[C@@H]12. The maximum Gasteiger partial charge on any atom is 0.221 e. The minimum Gasteiger partial charge on any atom is -0.396 e. The first-order valence-corrected chi connectivity index (χ1v) is 4.95. The Morgan fingerprint density at radius 1 is 1.07 bits per heavy atom. The van der Waals surface area contributed by atoms with Gasteiger partial charge in [0.25, 0.3) is 0 Å². The standard InChI is InChI=1S/C9H15NO5/c10-9(15)5-3-2(1-11)6(12)8(14)7(13)4(3)5/h2-8,11-14H,1H2,(H2,10,15)/t2-,3+,4-,5-,6+,7-,8-/m0/s1. The lowest BCUT2D eigenvalue weighted by Crippen LogP contribution is -2.49. The summed E-state index contributed by atoms with van der Waals surface area (Å²) in [7, 11) is 0. The molecule has 0 aromatic rings. The highest BCUT2D eigenvalue weighted by molar-refractivity contribution is 5.80. The molecule has 2 saturated carbocycles. The Morgan fingerprint density at radius 2 is 1.67 bits per heavy atom. The summed E-state index contributed by atoms with van der Waals surface area (Å²) in [4.78, 5) is 11.0. The Labute approximate surface area is 86.3 Å². The van der Waals surface area contributed by atoms with E-state index < -0.39 is 42.0 Å². The van der Waals surface area contributed by atoms with Gasteiger partial charge < -0.3 is 26.2 Å². The van der Waals surface area contributed by atoms with Crippen LogP contribution in [0.15, 0.2) is 0 Å². The fourth-order valence-corrected chi connectivity index (χ4v) is 2.87. The molecule has 2 fully saturated rings. The summed E-state index contributed by atoms with van der Waals surface area (Å²) in [6.07, 6.45) is -3.64. The monoisotopic (exact) mass is 217 g/mol. The number of amides is 1. The summed E-state index contributed by atoms with van der Waals surface area (Å²) in [5, 5.41) is 37.7. The average molecular weight is 217 g/mol. The number of carbonyl (C=O) groups is 1. The van der Waals surface area contributed by atoms with Crippen LogP contribution in [0.3, 0.4) is 0 Å². The molecule has 7 atom stereocenters. The maximum atomic E-state index is 11.0. The van der Waals surface area contributed by atoms with Crippen molar-refractivity contribution in [2.24, 2.45) is 29.4 Å². The van der Waals surface area contributed by atoms with Crippen molar-refractivity contribution in [3.8, 4) is 0 Å². The molecule has 0 spiro atoms. The third-order valence-electron chi connectivity index (χ3n) is 3.70. The number of carbonyl (C=O) groups excluding carboxylic acids is 1. The second-order valence-electron chi connectivity index (χ2n) is 4.40. The molecule has 2 aliphatic carbocycles. The Morgan fingerprint density at radius 3 is 2.13 bits per heavy atom. The Kier molecular flexibility index (Phi) is 2.46. The molecule has 0 radical (unpaired) electrons. The van der Waals surface area contributed by atoms with E-state index in [2.05, 4.69) is 0 Å². The van der Waals surface area contributed by atoms with Crippen LogP contribution >= 0.6 is 0 Å². The summed E-state index contributed by atoms with van der Waals surface area (Å²) >= 11 is 0. The van der Waals surface area contributed by atoms with Crippen molar-refractivity contribution in [3.05, 3.63) is 0 Å². The van der Waals surface area contributed by atoms with Gasteiger partial charge >= 0.3 is 0 Å².